The number of pyridine rings is 1. The summed E-state index contributed by atoms with van der Waals surface area (Å²) in [4.78, 5) is 3.99. The zero-order valence-electron chi connectivity index (χ0n) is 10.7. The summed E-state index contributed by atoms with van der Waals surface area (Å²) in [7, 11) is 1.77. The Balaban J connectivity index is 2.35. The molecule has 1 N–H and O–H groups in total. The summed E-state index contributed by atoms with van der Waals surface area (Å²) in [6, 6.07) is 4.04. The summed E-state index contributed by atoms with van der Waals surface area (Å²) >= 11 is 0. The molecular formula is C13H22N2O. The number of methoxy groups -OCH3 is 1. The van der Waals surface area contributed by atoms with Crippen molar-refractivity contribution in [3.05, 3.63) is 30.1 Å². The molecule has 3 nitrogen and oxygen atoms in total. The maximum Gasteiger partial charge on any atom is 0.0743 e. The Morgan fingerprint density at radius 2 is 1.94 bits per heavy atom. The number of ether oxygens (including phenoxy) is 1. The summed E-state index contributed by atoms with van der Waals surface area (Å²) in [6.07, 6.45) is 3.86. The quantitative estimate of drug-likeness (QED) is 0.829. The van der Waals surface area contributed by atoms with Gasteiger partial charge in [0.15, 0.2) is 0 Å². The van der Waals surface area contributed by atoms with Crippen LogP contribution in [0.5, 0.6) is 0 Å². The second kappa shape index (κ2) is 5.97. The minimum absolute atomic E-state index is 0.167. The molecule has 90 valence electrons. The summed E-state index contributed by atoms with van der Waals surface area (Å²) in [6.45, 7) is 8.29. The van der Waals surface area contributed by atoms with Gasteiger partial charge in [0.25, 0.3) is 0 Å². The maximum absolute atomic E-state index is 5.48. The topological polar surface area (TPSA) is 34.1 Å². The minimum atomic E-state index is 0.167. The zero-order valence-corrected chi connectivity index (χ0v) is 10.7. The molecule has 0 bridgehead atoms. The molecule has 0 aliphatic carbocycles. The van der Waals surface area contributed by atoms with Gasteiger partial charge in [0.05, 0.1) is 6.10 Å². The number of hydrogen-bond acceptors (Lipinski definition) is 3. The maximum atomic E-state index is 5.48. The molecule has 1 heterocycles. The fourth-order valence-electron chi connectivity index (χ4n) is 1.59. The van der Waals surface area contributed by atoms with Crippen LogP contribution < -0.4 is 5.32 Å². The van der Waals surface area contributed by atoms with Gasteiger partial charge in [0.1, 0.15) is 0 Å². The number of nitrogens with one attached hydrogen (secondary N) is 1. The Morgan fingerprint density at radius 1 is 1.31 bits per heavy atom. The van der Waals surface area contributed by atoms with Crippen LogP contribution in [0.1, 0.15) is 26.3 Å². The van der Waals surface area contributed by atoms with Crippen LogP contribution in [0.15, 0.2) is 24.5 Å². The van der Waals surface area contributed by atoms with E-state index in [9.17, 15) is 0 Å². The van der Waals surface area contributed by atoms with Gasteiger partial charge in [-0.25, -0.2) is 0 Å². The fourth-order valence-corrected chi connectivity index (χ4v) is 1.59. The lowest BCUT2D eigenvalue weighted by Gasteiger charge is -2.29. The SMILES string of the molecule is COC(CNCc1ccncc1)C(C)(C)C. The van der Waals surface area contributed by atoms with Crippen LogP contribution in [0.2, 0.25) is 0 Å². The normalized spacial score (nSPS) is 13.8. The van der Waals surface area contributed by atoms with E-state index in [1.165, 1.54) is 5.56 Å². The third-order valence-corrected chi connectivity index (χ3v) is 2.66. The molecule has 16 heavy (non-hydrogen) atoms. The predicted molar refractivity (Wildman–Crippen MR) is 66.2 cm³/mol. The van der Waals surface area contributed by atoms with Crippen molar-refractivity contribution >= 4 is 0 Å². The molecule has 0 aromatic carbocycles. The van der Waals surface area contributed by atoms with Crippen molar-refractivity contribution in [2.75, 3.05) is 13.7 Å². The van der Waals surface area contributed by atoms with Gasteiger partial charge in [0.2, 0.25) is 0 Å². The Kier molecular flexibility index (Phi) is 4.90. The van der Waals surface area contributed by atoms with E-state index >= 15 is 0 Å². The zero-order chi connectivity index (χ0) is 12.0. The lowest BCUT2D eigenvalue weighted by Crippen LogP contribution is -2.37. The van der Waals surface area contributed by atoms with Crippen molar-refractivity contribution < 1.29 is 4.74 Å². The molecular weight excluding hydrogens is 200 g/mol. The molecule has 0 saturated heterocycles. The number of hydrogen-bond donors (Lipinski definition) is 1. The molecule has 0 fully saturated rings. The number of aromatic nitrogens is 1. The summed E-state index contributed by atoms with van der Waals surface area (Å²) in [5, 5.41) is 3.41. The fraction of sp³-hybridized carbons (Fsp3) is 0.615. The second-order valence-corrected chi connectivity index (χ2v) is 5.08. The van der Waals surface area contributed by atoms with Gasteiger partial charge < -0.3 is 10.1 Å². The van der Waals surface area contributed by atoms with Gasteiger partial charge >= 0.3 is 0 Å². The standard InChI is InChI=1S/C13H22N2O/c1-13(2,3)12(16-4)10-15-9-11-5-7-14-8-6-11/h5-8,12,15H,9-10H2,1-4H3. The lowest BCUT2D eigenvalue weighted by molar-refractivity contribution is 0.0173. The van der Waals surface area contributed by atoms with E-state index in [0.717, 1.165) is 13.1 Å². The Morgan fingerprint density at radius 3 is 2.44 bits per heavy atom. The van der Waals surface area contributed by atoms with Crippen LogP contribution >= 0.6 is 0 Å². The van der Waals surface area contributed by atoms with Gasteiger partial charge in [-0.3, -0.25) is 4.98 Å². The monoisotopic (exact) mass is 222 g/mol. The first-order valence-corrected chi connectivity index (χ1v) is 5.66. The largest absolute Gasteiger partial charge is 0.380 e. The van der Waals surface area contributed by atoms with Crippen LogP contribution in [0.4, 0.5) is 0 Å². The van der Waals surface area contributed by atoms with Gasteiger partial charge in [-0.2, -0.15) is 0 Å². The molecule has 0 amide bonds. The highest BCUT2D eigenvalue weighted by Gasteiger charge is 2.23. The summed E-state index contributed by atoms with van der Waals surface area (Å²) < 4.78 is 5.48. The van der Waals surface area contributed by atoms with Gasteiger partial charge in [-0.1, -0.05) is 20.8 Å². The highest BCUT2D eigenvalue weighted by Crippen LogP contribution is 2.20. The van der Waals surface area contributed by atoms with E-state index in [4.69, 9.17) is 4.74 Å². The third kappa shape index (κ3) is 4.29. The van der Waals surface area contributed by atoms with Crippen LogP contribution in [-0.2, 0) is 11.3 Å². The molecule has 0 aliphatic heterocycles. The molecule has 0 aliphatic rings. The molecule has 1 rings (SSSR count). The van der Waals surface area contributed by atoms with E-state index in [-0.39, 0.29) is 11.5 Å². The van der Waals surface area contributed by atoms with Gasteiger partial charge in [-0.05, 0) is 23.1 Å². The predicted octanol–water partition coefficient (Wildman–Crippen LogP) is 2.23. The van der Waals surface area contributed by atoms with Crippen molar-refractivity contribution in [2.45, 2.75) is 33.4 Å². The first-order valence-electron chi connectivity index (χ1n) is 5.66. The van der Waals surface area contributed by atoms with E-state index < -0.39 is 0 Å². The molecule has 1 unspecified atom stereocenters. The molecule has 0 saturated carbocycles. The average Bonchev–Trinajstić information content (AvgIpc) is 2.24. The second-order valence-electron chi connectivity index (χ2n) is 5.08. The molecule has 3 heteroatoms. The van der Waals surface area contributed by atoms with E-state index in [1.807, 2.05) is 24.5 Å². The third-order valence-electron chi connectivity index (χ3n) is 2.66. The van der Waals surface area contributed by atoms with Gasteiger partial charge in [-0.15, -0.1) is 0 Å². The molecule has 0 spiro atoms. The van der Waals surface area contributed by atoms with Crippen molar-refractivity contribution in [1.29, 1.82) is 0 Å². The first kappa shape index (κ1) is 13.1. The minimum Gasteiger partial charge on any atom is -0.380 e. The highest BCUT2D eigenvalue weighted by atomic mass is 16.5. The van der Waals surface area contributed by atoms with Crippen molar-refractivity contribution in [1.82, 2.24) is 10.3 Å². The summed E-state index contributed by atoms with van der Waals surface area (Å²) in [5.74, 6) is 0. The number of rotatable bonds is 5. The molecule has 1 aromatic rings. The van der Waals surface area contributed by atoms with E-state index in [0.29, 0.717) is 0 Å². The van der Waals surface area contributed by atoms with Crippen LogP contribution in [0.25, 0.3) is 0 Å². The first-order chi connectivity index (χ1) is 7.54. The molecule has 0 radical (unpaired) electrons. The smallest absolute Gasteiger partial charge is 0.0743 e. The molecule has 1 aromatic heterocycles. The Hall–Kier alpha value is -0.930. The lowest BCUT2D eigenvalue weighted by atomic mass is 9.89. The highest BCUT2D eigenvalue weighted by molar-refractivity contribution is 5.09. The average molecular weight is 222 g/mol. The van der Waals surface area contributed by atoms with Crippen molar-refractivity contribution in [3.8, 4) is 0 Å². The summed E-state index contributed by atoms with van der Waals surface area (Å²) in [5.41, 5.74) is 1.42. The van der Waals surface area contributed by atoms with Crippen molar-refractivity contribution in [2.24, 2.45) is 5.41 Å². The molecule has 1 atom stereocenters. The van der Waals surface area contributed by atoms with Crippen LogP contribution in [0, 0.1) is 5.41 Å². The van der Waals surface area contributed by atoms with Crippen molar-refractivity contribution in [3.63, 3.8) is 0 Å². The Bertz CT molecular complexity index is 293. The van der Waals surface area contributed by atoms with E-state index in [1.54, 1.807) is 7.11 Å². The number of nitrogens with zero attached hydrogens (tertiary/aromatic N) is 1. The van der Waals surface area contributed by atoms with Crippen LogP contribution in [0.3, 0.4) is 0 Å². The van der Waals surface area contributed by atoms with Gasteiger partial charge in [0, 0.05) is 32.6 Å². The van der Waals surface area contributed by atoms with Crippen LogP contribution in [-0.4, -0.2) is 24.7 Å². The Labute approximate surface area is 98.2 Å². The van der Waals surface area contributed by atoms with E-state index in [2.05, 4.69) is 31.1 Å².